The molecule has 0 unspecified atom stereocenters. The van der Waals surface area contributed by atoms with Gasteiger partial charge in [-0.3, -0.25) is 9.69 Å². The standard InChI is InChI=1S/C24H31ClFN5O4/c1-24(2,3)34-23(33)35-30-9-7-16(8-10-30)27-22(32)20-19-14-29(4)11-12-31(19)21(28-20)17-6-5-15(25)13-18(17)26/h5-6,13,16H,7-12,14H2,1-4H3,(H,27,32). The molecule has 1 aromatic heterocycles. The molecular formula is C24H31ClFN5O4. The van der Waals surface area contributed by atoms with Gasteiger partial charge in [-0.2, -0.15) is 0 Å². The number of likely N-dealkylation sites (N-methyl/N-ethyl adjacent to an activating group) is 1. The van der Waals surface area contributed by atoms with Crippen LogP contribution in [0.5, 0.6) is 0 Å². The number of nitrogens with one attached hydrogen (secondary N) is 1. The lowest BCUT2D eigenvalue weighted by Crippen LogP contribution is -2.46. The van der Waals surface area contributed by atoms with Crippen molar-refractivity contribution >= 4 is 23.7 Å². The van der Waals surface area contributed by atoms with E-state index in [2.05, 4.69) is 15.2 Å². The van der Waals surface area contributed by atoms with Gasteiger partial charge in [0.15, 0.2) is 5.69 Å². The molecule has 2 aromatic rings. The van der Waals surface area contributed by atoms with Crippen LogP contribution in [0.3, 0.4) is 0 Å². The second-order valence-corrected chi connectivity index (χ2v) is 10.4. The Hall–Kier alpha value is -2.69. The SMILES string of the molecule is CN1CCn2c(-c3ccc(Cl)cc3F)nc(C(=O)NC3CCN(OC(=O)OC(C)(C)C)CC3)c2C1. The number of aromatic nitrogens is 2. The Kier molecular flexibility index (Phi) is 7.35. The zero-order valence-corrected chi connectivity index (χ0v) is 21.2. The van der Waals surface area contributed by atoms with Crippen molar-refractivity contribution in [2.24, 2.45) is 0 Å². The predicted octanol–water partition coefficient (Wildman–Crippen LogP) is 3.85. The first-order valence-corrected chi connectivity index (χ1v) is 12.1. The number of hydrogen-bond acceptors (Lipinski definition) is 7. The maximum Gasteiger partial charge on any atom is 0.528 e. The Bertz CT molecular complexity index is 1110. The minimum Gasteiger partial charge on any atom is -0.427 e. The molecule has 1 amide bonds. The molecule has 0 spiro atoms. The zero-order valence-electron chi connectivity index (χ0n) is 20.4. The third-order valence-corrected chi connectivity index (χ3v) is 6.20. The normalized spacial score (nSPS) is 17.7. The van der Waals surface area contributed by atoms with Crippen LogP contribution < -0.4 is 5.32 Å². The number of hydrogen-bond donors (Lipinski definition) is 1. The van der Waals surface area contributed by atoms with Crippen LogP contribution in [-0.4, -0.2) is 69.9 Å². The molecule has 2 aliphatic heterocycles. The number of hydroxylamine groups is 2. The fourth-order valence-electron chi connectivity index (χ4n) is 4.27. The van der Waals surface area contributed by atoms with Gasteiger partial charge in [-0.15, -0.1) is 5.06 Å². The van der Waals surface area contributed by atoms with E-state index in [0.29, 0.717) is 61.1 Å². The van der Waals surface area contributed by atoms with Crippen molar-refractivity contribution in [2.45, 2.75) is 58.3 Å². The van der Waals surface area contributed by atoms with Gasteiger partial charge in [-0.25, -0.2) is 14.2 Å². The summed E-state index contributed by atoms with van der Waals surface area (Å²) in [5.41, 5.74) is 0.737. The molecule has 1 N–H and O–H groups in total. The summed E-state index contributed by atoms with van der Waals surface area (Å²) in [6.07, 6.45) is 0.461. The van der Waals surface area contributed by atoms with Gasteiger partial charge in [0.1, 0.15) is 17.2 Å². The van der Waals surface area contributed by atoms with E-state index in [4.69, 9.17) is 21.2 Å². The zero-order chi connectivity index (χ0) is 25.3. The Morgan fingerprint density at radius 1 is 1.17 bits per heavy atom. The molecule has 1 aromatic carbocycles. The van der Waals surface area contributed by atoms with Gasteiger partial charge in [0.2, 0.25) is 0 Å². The van der Waals surface area contributed by atoms with Gasteiger partial charge in [0.25, 0.3) is 5.91 Å². The molecule has 0 bridgehead atoms. The maximum atomic E-state index is 14.7. The topological polar surface area (TPSA) is 88.9 Å². The van der Waals surface area contributed by atoms with Gasteiger partial charge in [0.05, 0.1) is 11.3 Å². The van der Waals surface area contributed by atoms with Crippen LogP contribution in [0.2, 0.25) is 5.02 Å². The average Bonchev–Trinajstić information content (AvgIpc) is 3.12. The first kappa shape index (κ1) is 25.4. The highest BCUT2D eigenvalue weighted by Gasteiger charge is 2.30. The number of carbonyl (C=O) groups excluding carboxylic acids is 2. The molecule has 2 aliphatic rings. The summed E-state index contributed by atoms with van der Waals surface area (Å²) < 4.78 is 21.8. The second-order valence-electron chi connectivity index (χ2n) is 9.98. The van der Waals surface area contributed by atoms with Crippen molar-refractivity contribution in [3.05, 3.63) is 40.4 Å². The van der Waals surface area contributed by atoms with E-state index in [-0.39, 0.29) is 11.9 Å². The number of carbonyl (C=O) groups is 2. The lowest BCUT2D eigenvalue weighted by atomic mass is 10.1. The molecule has 3 heterocycles. The van der Waals surface area contributed by atoms with Gasteiger partial charge in [0, 0.05) is 43.8 Å². The lowest BCUT2D eigenvalue weighted by molar-refractivity contribution is -0.152. The molecule has 1 fully saturated rings. The van der Waals surface area contributed by atoms with E-state index in [1.807, 2.05) is 11.6 Å². The summed E-state index contributed by atoms with van der Waals surface area (Å²) in [6, 6.07) is 4.35. The van der Waals surface area contributed by atoms with Crippen LogP contribution in [0.15, 0.2) is 18.2 Å². The molecule has 4 rings (SSSR count). The summed E-state index contributed by atoms with van der Waals surface area (Å²) in [5, 5.41) is 4.90. The highest BCUT2D eigenvalue weighted by molar-refractivity contribution is 6.30. The lowest BCUT2D eigenvalue weighted by Gasteiger charge is -2.31. The van der Waals surface area contributed by atoms with Crippen LogP contribution >= 0.6 is 11.6 Å². The molecule has 9 nitrogen and oxygen atoms in total. The molecule has 0 radical (unpaired) electrons. The number of fused-ring (bicyclic) bond motifs is 1. The monoisotopic (exact) mass is 507 g/mol. The number of ether oxygens (including phenoxy) is 1. The molecule has 1 saturated heterocycles. The fraction of sp³-hybridized carbons (Fsp3) is 0.542. The van der Waals surface area contributed by atoms with Gasteiger partial charge in [-0.1, -0.05) is 11.6 Å². The van der Waals surface area contributed by atoms with E-state index < -0.39 is 17.6 Å². The number of amides is 1. The van der Waals surface area contributed by atoms with Crippen molar-refractivity contribution in [1.29, 1.82) is 0 Å². The summed E-state index contributed by atoms with van der Waals surface area (Å²) in [5.74, 6) is -0.349. The van der Waals surface area contributed by atoms with Gasteiger partial charge in [-0.05, 0) is 58.9 Å². The Labute approximate surface area is 209 Å². The predicted molar refractivity (Wildman–Crippen MR) is 128 cm³/mol. The Balaban J connectivity index is 1.45. The molecule has 0 saturated carbocycles. The molecule has 11 heteroatoms. The molecule has 190 valence electrons. The molecule has 0 atom stereocenters. The van der Waals surface area contributed by atoms with Crippen LogP contribution in [0.1, 0.15) is 49.8 Å². The fourth-order valence-corrected chi connectivity index (χ4v) is 4.43. The number of nitrogens with zero attached hydrogens (tertiary/aromatic N) is 4. The second kappa shape index (κ2) is 10.1. The number of benzene rings is 1. The smallest absolute Gasteiger partial charge is 0.427 e. The van der Waals surface area contributed by atoms with Crippen molar-refractivity contribution < 1.29 is 23.6 Å². The number of halogens is 2. The van der Waals surface area contributed by atoms with E-state index in [9.17, 15) is 14.0 Å². The Morgan fingerprint density at radius 2 is 1.89 bits per heavy atom. The van der Waals surface area contributed by atoms with Crippen molar-refractivity contribution in [2.75, 3.05) is 26.7 Å². The van der Waals surface area contributed by atoms with Crippen molar-refractivity contribution in [3.8, 4) is 11.4 Å². The first-order valence-electron chi connectivity index (χ1n) is 11.7. The number of imidazole rings is 1. The third kappa shape index (κ3) is 6.12. The number of piperidine rings is 1. The average molecular weight is 508 g/mol. The highest BCUT2D eigenvalue weighted by atomic mass is 35.5. The number of rotatable bonds is 4. The first-order chi connectivity index (χ1) is 16.5. The molecular weight excluding hydrogens is 477 g/mol. The highest BCUT2D eigenvalue weighted by Crippen LogP contribution is 2.29. The van der Waals surface area contributed by atoms with Crippen LogP contribution in [0.25, 0.3) is 11.4 Å². The van der Waals surface area contributed by atoms with E-state index in [0.717, 1.165) is 12.2 Å². The van der Waals surface area contributed by atoms with Gasteiger partial charge < -0.3 is 19.5 Å². The summed E-state index contributed by atoms with van der Waals surface area (Å²) in [4.78, 5) is 37.1. The van der Waals surface area contributed by atoms with Crippen LogP contribution in [0, 0.1) is 5.82 Å². The van der Waals surface area contributed by atoms with Crippen LogP contribution in [-0.2, 0) is 22.7 Å². The minimum absolute atomic E-state index is 0.102. The summed E-state index contributed by atoms with van der Waals surface area (Å²) in [7, 11) is 1.97. The van der Waals surface area contributed by atoms with Gasteiger partial charge >= 0.3 is 6.16 Å². The van der Waals surface area contributed by atoms with E-state index in [1.54, 1.807) is 38.0 Å². The van der Waals surface area contributed by atoms with E-state index in [1.165, 1.54) is 6.07 Å². The molecule has 35 heavy (non-hydrogen) atoms. The van der Waals surface area contributed by atoms with Crippen LogP contribution in [0.4, 0.5) is 9.18 Å². The Morgan fingerprint density at radius 3 is 2.54 bits per heavy atom. The quantitative estimate of drug-likeness (QED) is 0.629. The van der Waals surface area contributed by atoms with E-state index >= 15 is 0 Å². The third-order valence-electron chi connectivity index (χ3n) is 5.97. The summed E-state index contributed by atoms with van der Waals surface area (Å²) in [6.45, 7) is 8.16. The van der Waals surface area contributed by atoms with Crippen molar-refractivity contribution in [3.63, 3.8) is 0 Å². The minimum atomic E-state index is -0.740. The summed E-state index contributed by atoms with van der Waals surface area (Å²) >= 11 is 5.92. The van der Waals surface area contributed by atoms with Crippen molar-refractivity contribution in [1.82, 2.24) is 24.8 Å². The maximum absolute atomic E-state index is 14.7. The molecule has 0 aliphatic carbocycles. The largest absolute Gasteiger partial charge is 0.528 e.